The molecule has 0 rings (SSSR count). The SMILES string of the molecule is C#CCOCC(COCC#C)(COCC#C)COP(=O)(Cl)Cl. The van der Waals surface area contributed by atoms with Crippen LogP contribution in [-0.2, 0) is 23.3 Å². The van der Waals surface area contributed by atoms with Crippen molar-refractivity contribution in [3.8, 4) is 37.0 Å². The lowest BCUT2D eigenvalue weighted by atomic mass is 9.92. The fourth-order valence-corrected chi connectivity index (χ4v) is 2.16. The standard InChI is InChI=1S/C14H17Cl2O5P/c1-4-7-18-10-14(11-19-8-5-2,12-20-9-6-3)13-21-22(15,16)17/h1-3H,7-13H2. The molecule has 0 spiro atoms. The molecule has 0 heterocycles. The van der Waals surface area contributed by atoms with E-state index >= 15 is 0 Å². The highest BCUT2D eigenvalue weighted by Gasteiger charge is 2.35. The summed E-state index contributed by atoms with van der Waals surface area (Å²) in [7, 11) is 0. The van der Waals surface area contributed by atoms with Crippen molar-refractivity contribution in [2.75, 3.05) is 46.2 Å². The van der Waals surface area contributed by atoms with Gasteiger partial charge in [0.1, 0.15) is 19.8 Å². The zero-order chi connectivity index (χ0) is 16.9. The molecule has 0 fully saturated rings. The van der Waals surface area contributed by atoms with Crippen molar-refractivity contribution in [2.24, 2.45) is 5.41 Å². The van der Waals surface area contributed by atoms with Crippen LogP contribution in [0.4, 0.5) is 0 Å². The summed E-state index contributed by atoms with van der Waals surface area (Å²) in [6.45, 7) is 0.375. The summed E-state index contributed by atoms with van der Waals surface area (Å²) in [6, 6.07) is 0. The third-order valence-electron chi connectivity index (χ3n) is 2.30. The summed E-state index contributed by atoms with van der Waals surface area (Å²) in [5.41, 5.74) is -0.857. The van der Waals surface area contributed by atoms with E-state index in [0.717, 1.165) is 0 Å². The Morgan fingerprint density at radius 1 is 0.818 bits per heavy atom. The van der Waals surface area contributed by atoms with Crippen molar-refractivity contribution in [1.82, 2.24) is 0 Å². The smallest absolute Gasteiger partial charge is 0.368 e. The maximum atomic E-state index is 11.3. The Morgan fingerprint density at radius 2 is 1.18 bits per heavy atom. The van der Waals surface area contributed by atoms with E-state index in [9.17, 15) is 4.57 Å². The maximum absolute atomic E-state index is 11.3. The highest BCUT2D eigenvalue weighted by Crippen LogP contribution is 2.58. The Labute approximate surface area is 141 Å². The molecule has 0 saturated carbocycles. The molecular weight excluding hydrogens is 350 g/mol. The first-order valence-corrected chi connectivity index (χ1v) is 9.50. The average molecular weight is 367 g/mol. The average Bonchev–Trinajstić information content (AvgIpc) is 2.45. The van der Waals surface area contributed by atoms with Crippen LogP contribution in [-0.4, -0.2) is 46.2 Å². The minimum Gasteiger partial charge on any atom is -0.368 e. The Kier molecular flexibility index (Phi) is 11.5. The Hall–Kier alpha value is -0.670. The summed E-state index contributed by atoms with van der Waals surface area (Å²) in [6.07, 6.45) is 11.7. The molecule has 8 heteroatoms. The predicted octanol–water partition coefficient (Wildman–Crippen LogP) is 2.52. The third kappa shape index (κ3) is 11.0. The number of rotatable bonds is 12. The number of ether oxygens (including phenoxy) is 3. The number of terminal acetylenes is 3. The molecule has 0 unspecified atom stereocenters. The van der Waals surface area contributed by atoms with Gasteiger partial charge in [0.15, 0.2) is 0 Å². The third-order valence-corrected chi connectivity index (χ3v) is 3.32. The molecule has 122 valence electrons. The van der Waals surface area contributed by atoms with Crippen LogP contribution >= 0.6 is 28.6 Å². The van der Waals surface area contributed by atoms with E-state index in [-0.39, 0.29) is 46.2 Å². The van der Waals surface area contributed by atoms with Crippen molar-refractivity contribution in [1.29, 1.82) is 0 Å². The molecule has 0 aromatic rings. The van der Waals surface area contributed by atoms with Gasteiger partial charge >= 0.3 is 6.07 Å². The molecule has 0 aromatic carbocycles. The van der Waals surface area contributed by atoms with Crippen LogP contribution < -0.4 is 0 Å². The van der Waals surface area contributed by atoms with Gasteiger partial charge in [-0.05, 0) is 22.5 Å². The Balaban J connectivity index is 4.93. The molecule has 0 aliphatic carbocycles. The minimum absolute atomic E-state index is 0.0748. The first-order chi connectivity index (χ1) is 10.4. The van der Waals surface area contributed by atoms with Gasteiger partial charge in [-0.15, -0.1) is 19.3 Å². The van der Waals surface area contributed by atoms with E-state index in [0.29, 0.717) is 0 Å². The van der Waals surface area contributed by atoms with Crippen LogP contribution in [0.2, 0.25) is 0 Å². The van der Waals surface area contributed by atoms with Crippen LogP contribution in [0.15, 0.2) is 0 Å². The van der Waals surface area contributed by atoms with Crippen molar-refractivity contribution in [2.45, 2.75) is 0 Å². The maximum Gasteiger partial charge on any atom is 0.380 e. The molecule has 0 amide bonds. The van der Waals surface area contributed by atoms with E-state index in [4.69, 9.17) is 60.5 Å². The normalized spacial score (nSPS) is 11.4. The van der Waals surface area contributed by atoms with Crippen LogP contribution in [0.5, 0.6) is 0 Å². The molecular formula is C14H17Cl2O5P. The highest BCUT2D eigenvalue weighted by molar-refractivity contribution is 8.05. The Bertz CT molecular complexity index is 433. The van der Waals surface area contributed by atoms with E-state index < -0.39 is 11.5 Å². The van der Waals surface area contributed by atoms with Crippen LogP contribution in [0.3, 0.4) is 0 Å². The van der Waals surface area contributed by atoms with Gasteiger partial charge in [-0.25, -0.2) is 0 Å². The fraction of sp³-hybridized carbons (Fsp3) is 0.571. The van der Waals surface area contributed by atoms with Gasteiger partial charge in [-0.1, -0.05) is 17.8 Å². The largest absolute Gasteiger partial charge is 0.380 e. The first-order valence-electron chi connectivity index (χ1n) is 6.06. The molecule has 0 saturated heterocycles. The van der Waals surface area contributed by atoms with Gasteiger partial charge in [0, 0.05) is 0 Å². The van der Waals surface area contributed by atoms with Gasteiger partial charge < -0.3 is 18.7 Å². The van der Waals surface area contributed by atoms with E-state index in [2.05, 4.69) is 17.8 Å². The fourth-order valence-electron chi connectivity index (χ4n) is 1.44. The van der Waals surface area contributed by atoms with Gasteiger partial charge in [-0.3, -0.25) is 4.57 Å². The molecule has 22 heavy (non-hydrogen) atoms. The summed E-state index contributed by atoms with van der Waals surface area (Å²) >= 11 is 10.8. The molecule has 0 aliphatic rings. The number of halogens is 2. The van der Waals surface area contributed by atoms with Crippen molar-refractivity contribution < 1.29 is 23.3 Å². The van der Waals surface area contributed by atoms with Crippen molar-refractivity contribution in [3.05, 3.63) is 0 Å². The summed E-state index contributed by atoms with van der Waals surface area (Å²) in [5, 5.41) is 0. The second kappa shape index (κ2) is 11.8. The molecule has 0 bridgehead atoms. The molecule has 5 nitrogen and oxygen atoms in total. The van der Waals surface area contributed by atoms with Crippen LogP contribution in [0.25, 0.3) is 0 Å². The zero-order valence-corrected chi connectivity index (χ0v) is 14.3. The van der Waals surface area contributed by atoms with E-state index in [1.165, 1.54) is 0 Å². The lowest BCUT2D eigenvalue weighted by Gasteiger charge is -2.32. The Morgan fingerprint density at radius 3 is 1.45 bits per heavy atom. The van der Waals surface area contributed by atoms with E-state index in [1.54, 1.807) is 0 Å². The molecule has 0 atom stereocenters. The van der Waals surface area contributed by atoms with Crippen molar-refractivity contribution >= 4 is 28.6 Å². The quantitative estimate of drug-likeness (QED) is 0.302. The number of hydrogen-bond acceptors (Lipinski definition) is 5. The van der Waals surface area contributed by atoms with Gasteiger partial charge in [0.05, 0.1) is 31.8 Å². The van der Waals surface area contributed by atoms with Gasteiger partial charge in [0.2, 0.25) is 0 Å². The molecule has 0 N–H and O–H groups in total. The molecule has 0 aromatic heterocycles. The summed E-state index contributed by atoms with van der Waals surface area (Å²) in [5.74, 6) is 6.99. The van der Waals surface area contributed by atoms with Gasteiger partial charge in [-0.2, -0.15) is 0 Å². The van der Waals surface area contributed by atoms with E-state index in [1.807, 2.05) is 0 Å². The molecule has 0 aliphatic heterocycles. The predicted molar refractivity (Wildman–Crippen MR) is 86.7 cm³/mol. The first kappa shape index (κ1) is 21.3. The topological polar surface area (TPSA) is 54.0 Å². The lowest BCUT2D eigenvalue weighted by Crippen LogP contribution is -2.41. The summed E-state index contributed by atoms with van der Waals surface area (Å²) < 4.78 is 32.3. The summed E-state index contributed by atoms with van der Waals surface area (Å²) in [4.78, 5) is 0. The minimum atomic E-state index is -3.72. The van der Waals surface area contributed by atoms with Crippen molar-refractivity contribution in [3.63, 3.8) is 0 Å². The highest BCUT2D eigenvalue weighted by atomic mass is 35.9. The zero-order valence-electron chi connectivity index (χ0n) is 11.9. The molecule has 0 radical (unpaired) electrons. The van der Waals surface area contributed by atoms with Crippen LogP contribution in [0.1, 0.15) is 0 Å². The van der Waals surface area contributed by atoms with Gasteiger partial charge in [0.25, 0.3) is 0 Å². The lowest BCUT2D eigenvalue weighted by molar-refractivity contribution is -0.0740. The monoisotopic (exact) mass is 366 g/mol. The number of hydrogen-bond donors (Lipinski definition) is 0. The second-order valence-electron chi connectivity index (χ2n) is 4.28. The second-order valence-corrected chi connectivity index (χ2v) is 8.56. The van der Waals surface area contributed by atoms with Crippen LogP contribution in [0, 0.1) is 42.4 Å².